The smallest absolute Gasteiger partial charge is 0.0739 e. The Bertz CT molecular complexity index is 281. The van der Waals surface area contributed by atoms with Crippen LogP contribution in [0.25, 0.3) is 0 Å². The molecule has 82 valence electrons. The molecule has 1 saturated heterocycles. The van der Waals surface area contributed by atoms with Crippen molar-refractivity contribution < 1.29 is 0 Å². The molecule has 1 aliphatic rings. The van der Waals surface area contributed by atoms with Gasteiger partial charge in [0.05, 0.1) is 6.00 Å². The van der Waals surface area contributed by atoms with Gasteiger partial charge in [-0.2, -0.15) is 0 Å². The summed E-state index contributed by atoms with van der Waals surface area (Å²) in [6.45, 7) is 5.51. The molecule has 2 nitrogen and oxygen atoms in total. The van der Waals surface area contributed by atoms with E-state index in [4.69, 9.17) is 11.6 Å². The monoisotopic (exact) mass is 224 g/mol. The second kappa shape index (κ2) is 5.50. The third-order valence-electron chi connectivity index (χ3n) is 2.88. The molecule has 0 radical (unpaired) electrons. The van der Waals surface area contributed by atoms with Crippen LogP contribution in [0.1, 0.15) is 5.56 Å². The van der Waals surface area contributed by atoms with Crippen molar-refractivity contribution in [3.05, 3.63) is 35.9 Å². The number of hydrogen-bond acceptors (Lipinski definition) is 2. The zero-order valence-corrected chi connectivity index (χ0v) is 9.66. The maximum absolute atomic E-state index is 5.80. The summed E-state index contributed by atoms with van der Waals surface area (Å²) in [6.07, 6.45) is 0. The predicted octanol–water partition coefficient (Wildman–Crippen LogP) is 2.00. The summed E-state index contributed by atoms with van der Waals surface area (Å²) in [5.41, 5.74) is 1.40. The topological polar surface area (TPSA) is 6.48 Å². The van der Waals surface area contributed by atoms with E-state index in [9.17, 15) is 0 Å². The predicted molar refractivity (Wildman–Crippen MR) is 64.0 cm³/mol. The highest BCUT2D eigenvalue weighted by atomic mass is 35.5. The van der Waals surface area contributed by atoms with E-state index in [-0.39, 0.29) is 0 Å². The summed E-state index contributed by atoms with van der Waals surface area (Å²) >= 11 is 5.80. The van der Waals surface area contributed by atoms with Gasteiger partial charge in [-0.25, -0.2) is 0 Å². The van der Waals surface area contributed by atoms with Gasteiger partial charge < -0.3 is 0 Å². The van der Waals surface area contributed by atoms with Crippen LogP contribution < -0.4 is 0 Å². The molecule has 0 aliphatic carbocycles. The van der Waals surface area contributed by atoms with Gasteiger partial charge in [-0.05, 0) is 5.56 Å². The maximum atomic E-state index is 5.80. The number of piperazine rings is 1. The van der Waals surface area contributed by atoms with Crippen molar-refractivity contribution in [2.45, 2.75) is 6.54 Å². The molecular weight excluding hydrogens is 208 g/mol. The Balaban J connectivity index is 1.82. The summed E-state index contributed by atoms with van der Waals surface area (Å²) in [5.74, 6) is 0. The Morgan fingerprint density at radius 1 is 0.933 bits per heavy atom. The van der Waals surface area contributed by atoms with Gasteiger partial charge in [0, 0.05) is 32.7 Å². The van der Waals surface area contributed by atoms with Crippen LogP contribution >= 0.6 is 11.6 Å². The highest BCUT2D eigenvalue weighted by molar-refractivity contribution is 6.17. The molecule has 0 bridgehead atoms. The molecule has 0 amide bonds. The van der Waals surface area contributed by atoms with E-state index in [0.717, 1.165) is 32.7 Å². The summed E-state index contributed by atoms with van der Waals surface area (Å²) in [6, 6.07) is 11.3. The van der Waals surface area contributed by atoms with Gasteiger partial charge >= 0.3 is 0 Å². The molecule has 0 atom stereocenters. The maximum Gasteiger partial charge on any atom is 0.0739 e. The fourth-order valence-electron chi connectivity index (χ4n) is 1.91. The van der Waals surface area contributed by atoms with E-state index in [1.807, 2.05) is 0 Å². The van der Waals surface area contributed by atoms with Crippen molar-refractivity contribution in [3.63, 3.8) is 0 Å². The number of benzene rings is 1. The molecule has 1 aromatic rings. The molecule has 2 rings (SSSR count). The summed E-state index contributed by atoms with van der Waals surface area (Å²) in [5, 5.41) is 0. The van der Waals surface area contributed by atoms with Gasteiger partial charge in [-0.3, -0.25) is 9.80 Å². The van der Waals surface area contributed by atoms with Gasteiger partial charge in [0.15, 0.2) is 0 Å². The van der Waals surface area contributed by atoms with Gasteiger partial charge in [0.2, 0.25) is 0 Å². The van der Waals surface area contributed by atoms with Crippen LogP contribution in [0.5, 0.6) is 0 Å². The summed E-state index contributed by atoms with van der Waals surface area (Å²) < 4.78 is 0. The number of halogens is 1. The SMILES string of the molecule is ClCN1CCN(Cc2ccccc2)CC1. The van der Waals surface area contributed by atoms with E-state index >= 15 is 0 Å². The summed E-state index contributed by atoms with van der Waals surface area (Å²) in [4.78, 5) is 4.77. The van der Waals surface area contributed by atoms with E-state index in [2.05, 4.69) is 40.1 Å². The lowest BCUT2D eigenvalue weighted by atomic mass is 10.2. The molecule has 15 heavy (non-hydrogen) atoms. The Hall–Kier alpha value is -0.570. The fraction of sp³-hybridized carbons (Fsp3) is 0.500. The van der Waals surface area contributed by atoms with Crippen molar-refractivity contribution in [2.24, 2.45) is 0 Å². The van der Waals surface area contributed by atoms with Gasteiger partial charge in [0.1, 0.15) is 0 Å². The first kappa shape index (κ1) is 10.9. The second-order valence-corrected chi connectivity index (χ2v) is 4.24. The van der Waals surface area contributed by atoms with E-state index in [0.29, 0.717) is 6.00 Å². The normalized spacial score (nSPS) is 19.3. The van der Waals surface area contributed by atoms with Crippen LogP contribution in [0, 0.1) is 0 Å². The van der Waals surface area contributed by atoms with E-state index in [1.54, 1.807) is 0 Å². The number of alkyl halides is 1. The molecule has 3 heteroatoms. The molecule has 1 aromatic carbocycles. The lowest BCUT2D eigenvalue weighted by molar-refractivity contribution is 0.142. The first-order valence-corrected chi connectivity index (χ1v) is 5.96. The molecule has 0 aromatic heterocycles. The lowest BCUT2D eigenvalue weighted by Crippen LogP contribution is -2.45. The Kier molecular flexibility index (Phi) is 4.01. The van der Waals surface area contributed by atoms with Gasteiger partial charge in [0.25, 0.3) is 0 Å². The molecule has 0 saturated carbocycles. The zero-order valence-electron chi connectivity index (χ0n) is 8.90. The number of rotatable bonds is 3. The number of nitrogens with zero attached hydrogens (tertiary/aromatic N) is 2. The lowest BCUT2D eigenvalue weighted by Gasteiger charge is -2.33. The molecule has 0 spiro atoms. The standard InChI is InChI=1S/C12H17ClN2/c13-11-15-8-6-14(7-9-15)10-12-4-2-1-3-5-12/h1-5H,6-11H2. The highest BCUT2D eigenvalue weighted by Crippen LogP contribution is 2.08. The largest absolute Gasteiger partial charge is 0.297 e. The van der Waals surface area contributed by atoms with Crippen molar-refractivity contribution >= 4 is 11.6 Å². The first-order valence-electron chi connectivity index (χ1n) is 5.43. The van der Waals surface area contributed by atoms with Crippen LogP contribution in [0.4, 0.5) is 0 Å². The Morgan fingerprint density at radius 2 is 1.53 bits per heavy atom. The Morgan fingerprint density at radius 3 is 2.13 bits per heavy atom. The molecule has 1 fully saturated rings. The fourth-order valence-corrected chi connectivity index (χ4v) is 2.15. The minimum Gasteiger partial charge on any atom is -0.297 e. The third kappa shape index (κ3) is 3.20. The molecule has 0 N–H and O–H groups in total. The molecule has 0 unspecified atom stereocenters. The van der Waals surface area contributed by atoms with Crippen LogP contribution in [0.15, 0.2) is 30.3 Å². The molecule has 1 aliphatic heterocycles. The van der Waals surface area contributed by atoms with Crippen molar-refractivity contribution in [2.75, 3.05) is 32.2 Å². The second-order valence-electron chi connectivity index (χ2n) is 4.00. The van der Waals surface area contributed by atoms with E-state index in [1.165, 1.54) is 5.56 Å². The average Bonchev–Trinajstić information content (AvgIpc) is 2.31. The van der Waals surface area contributed by atoms with E-state index < -0.39 is 0 Å². The van der Waals surface area contributed by atoms with Crippen molar-refractivity contribution in [1.82, 2.24) is 9.80 Å². The van der Waals surface area contributed by atoms with Gasteiger partial charge in [-0.15, -0.1) is 11.6 Å². The quantitative estimate of drug-likeness (QED) is 0.573. The molecular formula is C12H17ClN2. The first-order chi connectivity index (χ1) is 7.38. The minimum atomic E-state index is 0.666. The number of hydrogen-bond donors (Lipinski definition) is 0. The zero-order chi connectivity index (χ0) is 10.5. The molecule has 1 heterocycles. The van der Waals surface area contributed by atoms with Crippen molar-refractivity contribution in [1.29, 1.82) is 0 Å². The van der Waals surface area contributed by atoms with Crippen LogP contribution in [0.3, 0.4) is 0 Å². The van der Waals surface area contributed by atoms with Crippen LogP contribution in [0.2, 0.25) is 0 Å². The third-order valence-corrected chi connectivity index (χ3v) is 3.22. The van der Waals surface area contributed by atoms with Crippen LogP contribution in [-0.4, -0.2) is 42.0 Å². The van der Waals surface area contributed by atoms with Crippen LogP contribution in [-0.2, 0) is 6.54 Å². The average molecular weight is 225 g/mol. The minimum absolute atomic E-state index is 0.666. The van der Waals surface area contributed by atoms with Gasteiger partial charge in [-0.1, -0.05) is 30.3 Å². The highest BCUT2D eigenvalue weighted by Gasteiger charge is 2.15. The van der Waals surface area contributed by atoms with Crippen molar-refractivity contribution in [3.8, 4) is 0 Å². The summed E-state index contributed by atoms with van der Waals surface area (Å²) in [7, 11) is 0. The Labute approximate surface area is 96.4 Å².